The van der Waals surface area contributed by atoms with Crippen molar-refractivity contribution >= 4 is 5.84 Å². The molecule has 3 aromatic rings. The third-order valence-corrected chi connectivity index (χ3v) is 8.26. The van der Waals surface area contributed by atoms with Gasteiger partial charge in [0.05, 0.1) is 32.7 Å². The van der Waals surface area contributed by atoms with Crippen LogP contribution < -0.4 is 24.3 Å². The third kappa shape index (κ3) is 3.41. The summed E-state index contributed by atoms with van der Waals surface area (Å²) in [7, 11) is 4.96. The van der Waals surface area contributed by atoms with Crippen molar-refractivity contribution in [3.05, 3.63) is 83.4 Å². The molecule has 0 amide bonds. The second kappa shape index (κ2) is 9.47. The lowest BCUT2D eigenvalue weighted by Crippen LogP contribution is -2.60. The maximum absolute atomic E-state index is 7.25. The minimum Gasteiger partial charge on any atom is -0.497 e. The molecule has 3 aromatic carbocycles. The van der Waals surface area contributed by atoms with Gasteiger partial charge >= 0.3 is 0 Å². The van der Waals surface area contributed by atoms with Crippen LogP contribution in [0.1, 0.15) is 42.9 Å². The van der Waals surface area contributed by atoms with E-state index in [-0.39, 0.29) is 12.7 Å². The second-order valence-electron chi connectivity index (χ2n) is 10.1. The van der Waals surface area contributed by atoms with Crippen molar-refractivity contribution in [2.75, 3.05) is 34.7 Å². The van der Waals surface area contributed by atoms with Crippen LogP contribution in [-0.2, 0) is 20.6 Å². The first-order valence-corrected chi connectivity index (χ1v) is 13.2. The highest BCUT2D eigenvalue weighted by molar-refractivity contribution is 5.86. The van der Waals surface area contributed by atoms with E-state index in [4.69, 9.17) is 33.4 Å². The monoisotopic (exact) mass is 530 g/mol. The van der Waals surface area contributed by atoms with Crippen molar-refractivity contribution < 1.29 is 28.4 Å². The zero-order valence-corrected chi connectivity index (χ0v) is 22.9. The summed E-state index contributed by atoms with van der Waals surface area (Å²) in [5.74, 6) is 3.27. The van der Waals surface area contributed by atoms with Crippen molar-refractivity contribution in [2.24, 2.45) is 4.99 Å². The molecule has 0 saturated heterocycles. The number of rotatable bonds is 9. The Morgan fingerprint density at radius 3 is 2.36 bits per heavy atom. The summed E-state index contributed by atoms with van der Waals surface area (Å²) < 4.78 is 36.9. The molecule has 3 aliphatic rings. The van der Waals surface area contributed by atoms with Crippen LogP contribution in [0.3, 0.4) is 0 Å². The number of aliphatic imine (C=N–C) groups is 1. The quantitative estimate of drug-likeness (QED) is 0.304. The first-order valence-electron chi connectivity index (χ1n) is 13.2. The van der Waals surface area contributed by atoms with E-state index in [0.717, 1.165) is 28.3 Å². The van der Waals surface area contributed by atoms with Gasteiger partial charge in [-0.15, -0.1) is 0 Å². The summed E-state index contributed by atoms with van der Waals surface area (Å²) in [4.78, 5) is 5.42. The maximum atomic E-state index is 7.25. The van der Waals surface area contributed by atoms with Gasteiger partial charge in [0.15, 0.2) is 16.9 Å². The molecule has 1 N–H and O–H groups in total. The van der Waals surface area contributed by atoms with Gasteiger partial charge in [-0.2, -0.15) is 0 Å². The minimum absolute atomic E-state index is 0.0993. The molecule has 1 aliphatic carbocycles. The molecule has 1 saturated carbocycles. The largest absolute Gasteiger partial charge is 0.497 e. The fourth-order valence-electron chi connectivity index (χ4n) is 6.83. The third-order valence-electron chi connectivity index (χ3n) is 8.26. The van der Waals surface area contributed by atoms with Crippen molar-refractivity contribution in [2.45, 2.75) is 43.1 Å². The summed E-state index contributed by atoms with van der Waals surface area (Å²) in [6, 6.07) is 22.3. The van der Waals surface area contributed by atoms with Gasteiger partial charge in [-0.25, -0.2) is 0 Å². The van der Waals surface area contributed by atoms with E-state index >= 15 is 0 Å². The fraction of sp³-hybridized carbons (Fsp3) is 0.387. The molecule has 2 heterocycles. The molecule has 204 valence electrons. The van der Waals surface area contributed by atoms with Crippen LogP contribution in [0.4, 0.5) is 0 Å². The van der Waals surface area contributed by atoms with Gasteiger partial charge in [-0.1, -0.05) is 42.5 Å². The number of hydrogen-bond donors (Lipinski definition) is 1. The molecule has 0 radical (unpaired) electrons. The van der Waals surface area contributed by atoms with E-state index in [9.17, 15) is 0 Å². The van der Waals surface area contributed by atoms with Crippen LogP contribution in [0.25, 0.3) is 0 Å². The summed E-state index contributed by atoms with van der Waals surface area (Å²) >= 11 is 0. The molecule has 0 bridgehead atoms. The van der Waals surface area contributed by atoms with E-state index < -0.39 is 16.9 Å². The summed E-state index contributed by atoms with van der Waals surface area (Å²) in [6.45, 7) is 4.54. The van der Waals surface area contributed by atoms with Crippen LogP contribution in [0.5, 0.6) is 23.0 Å². The van der Waals surface area contributed by atoms with Crippen LogP contribution in [-0.4, -0.2) is 46.3 Å². The highest BCUT2D eigenvalue weighted by atomic mass is 16.7. The molecule has 0 unspecified atom stereocenters. The first kappa shape index (κ1) is 25.5. The number of nitrogens with one attached hydrogen (secondary N) is 1. The minimum atomic E-state index is -1.05. The topological polar surface area (TPSA) is 79.8 Å². The van der Waals surface area contributed by atoms with Gasteiger partial charge in [-0.3, -0.25) is 4.99 Å². The fourth-order valence-corrected chi connectivity index (χ4v) is 6.83. The number of benzene rings is 3. The Hall–Kier alpha value is -3.75. The predicted molar refractivity (Wildman–Crippen MR) is 147 cm³/mol. The Balaban J connectivity index is 1.71. The molecule has 8 nitrogen and oxygen atoms in total. The first-order chi connectivity index (χ1) is 19.0. The zero-order chi connectivity index (χ0) is 27.3. The summed E-state index contributed by atoms with van der Waals surface area (Å²) in [5.41, 5.74) is -0.143. The smallest absolute Gasteiger partial charge is 0.186 e. The number of amidine groups is 1. The molecular formula is C31H34N2O6. The Labute approximate surface area is 228 Å². The Morgan fingerprint density at radius 1 is 0.949 bits per heavy atom. The normalized spacial score (nSPS) is 28.0. The molecule has 39 heavy (non-hydrogen) atoms. The molecule has 2 aliphatic heterocycles. The molecule has 1 fully saturated rings. The lowest BCUT2D eigenvalue weighted by molar-refractivity contribution is -0.177. The van der Waals surface area contributed by atoms with E-state index in [1.165, 1.54) is 0 Å². The summed E-state index contributed by atoms with van der Waals surface area (Å²) in [6.07, 6.45) is 0.575. The molecule has 6 rings (SSSR count). The molecule has 4 atom stereocenters. The number of methoxy groups -OCH3 is 3. The lowest BCUT2D eigenvalue weighted by Gasteiger charge is -2.43. The standard InChI is InChI=1S/C31H34N2O6/c1-6-37-19-38-29-18-25(21-10-8-7-9-11-21)30(22-12-14-23(34-3)15-13-22)31(29,33-20(2)32-29)28-26(36-5)16-24(35-4)17-27(28)39-30/h7-17,25H,6,18-19H2,1-5H3,(H,32,33)/t25-,29+,30-,31-/m0/s1. The van der Waals surface area contributed by atoms with Crippen molar-refractivity contribution in [1.82, 2.24) is 5.32 Å². The van der Waals surface area contributed by atoms with Crippen LogP contribution in [0.15, 0.2) is 71.7 Å². The van der Waals surface area contributed by atoms with Gasteiger partial charge in [-0.05, 0) is 37.1 Å². The molecule has 0 aromatic heterocycles. The van der Waals surface area contributed by atoms with Gasteiger partial charge in [0.2, 0.25) is 0 Å². The van der Waals surface area contributed by atoms with E-state index in [0.29, 0.717) is 30.3 Å². The molecule has 8 heteroatoms. The molecular weight excluding hydrogens is 496 g/mol. The highest BCUT2D eigenvalue weighted by Crippen LogP contribution is 2.74. The molecule has 1 spiro atoms. The average molecular weight is 531 g/mol. The Kier molecular flexibility index (Phi) is 6.19. The van der Waals surface area contributed by atoms with Gasteiger partial charge in [0.1, 0.15) is 29.8 Å². The van der Waals surface area contributed by atoms with Crippen molar-refractivity contribution in [3.8, 4) is 23.0 Å². The maximum Gasteiger partial charge on any atom is 0.186 e. The van der Waals surface area contributed by atoms with Gasteiger partial charge < -0.3 is 33.7 Å². The highest BCUT2D eigenvalue weighted by Gasteiger charge is 2.82. The Morgan fingerprint density at radius 2 is 1.69 bits per heavy atom. The second-order valence-corrected chi connectivity index (χ2v) is 10.1. The van der Waals surface area contributed by atoms with Crippen LogP contribution in [0, 0.1) is 0 Å². The summed E-state index contributed by atoms with van der Waals surface area (Å²) in [5, 5.41) is 3.64. The SMILES string of the molecule is CCOCO[C@]12C[C@@H](c3ccccc3)[C@]3(c4ccc(OC)cc4)Oc4cc(OC)cc(OC)c4[C@]13N=C(C)N2. The average Bonchev–Trinajstić information content (AvgIpc) is 3.51. The van der Waals surface area contributed by atoms with E-state index in [2.05, 4.69) is 41.7 Å². The van der Waals surface area contributed by atoms with Crippen molar-refractivity contribution in [3.63, 3.8) is 0 Å². The van der Waals surface area contributed by atoms with E-state index in [1.807, 2.05) is 44.2 Å². The number of hydrogen-bond acceptors (Lipinski definition) is 8. The van der Waals surface area contributed by atoms with E-state index in [1.54, 1.807) is 21.3 Å². The predicted octanol–water partition coefficient (Wildman–Crippen LogP) is 5.11. The van der Waals surface area contributed by atoms with Gasteiger partial charge in [0.25, 0.3) is 0 Å². The van der Waals surface area contributed by atoms with Gasteiger partial charge in [0, 0.05) is 31.1 Å². The lowest BCUT2D eigenvalue weighted by atomic mass is 9.68. The van der Waals surface area contributed by atoms with Crippen molar-refractivity contribution in [1.29, 1.82) is 0 Å². The van der Waals surface area contributed by atoms with Crippen LogP contribution >= 0.6 is 0 Å². The number of fused-ring (bicyclic) bond motifs is 1. The van der Waals surface area contributed by atoms with Crippen LogP contribution in [0.2, 0.25) is 0 Å². The number of nitrogens with zero attached hydrogens (tertiary/aromatic N) is 1. The Bertz CT molecular complexity index is 1390. The zero-order valence-electron chi connectivity index (χ0n) is 22.9. The number of ether oxygens (including phenoxy) is 6.